The van der Waals surface area contributed by atoms with Crippen LogP contribution in [0.2, 0.25) is 0 Å². The van der Waals surface area contributed by atoms with Gasteiger partial charge in [-0.05, 0) is 38.0 Å². The maximum absolute atomic E-state index is 15.2. The van der Waals surface area contributed by atoms with Gasteiger partial charge in [0.2, 0.25) is 11.8 Å². The zero-order valence-corrected chi connectivity index (χ0v) is 19.7. The topological polar surface area (TPSA) is 101 Å². The minimum atomic E-state index is -1.19. The van der Waals surface area contributed by atoms with E-state index in [1.165, 1.54) is 17.8 Å². The SMILES string of the molecule is COc1nc(N[C@H]2CCN(CC(C)(C)O)C[C@H]2F)nn2cc(F)c(-c3ccc4nccnc4c3)c12. The molecule has 2 atom stereocenters. The van der Waals surface area contributed by atoms with Crippen molar-refractivity contribution in [3.8, 4) is 17.0 Å². The first-order valence-corrected chi connectivity index (χ1v) is 11.4. The smallest absolute Gasteiger partial charge is 0.244 e. The van der Waals surface area contributed by atoms with E-state index in [1.807, 2.05) is 4.90 Å². The first-order valence-electron chi connectivity index (χ1n) is 11.4. The van der Waals surface area contributed by atoms with E-state index >= 15 is 4.39 Å². The quantitative estimate of drug-likeness (QED) is 0.432. The molecule has 0 aliphatic carbocycles. The molecule has 1 aliphatic rings. The van der Waals surface area contributed by atoms with Crippen molar-refractivity contribution < 1.29 is 18.6 Å². The molecule has 9 nitrogen and oxygen atoms in total. The number of nitrogens with zero attached hydrogens (tertiary/aromatic N) is 6. The predicted octanol–water partition coefficient (Wildman–Crippen LogP) is 3.08. The molecule has 5 rings (SSSR count). The van der Waals surface area contributed by atoms with Gasteiger partial charge in [-0.15, -0.1) is 5.10 Å². The highest BCUT2D eigenvalue weighted by atomic mass is 19.1. The average molecular weight is 484 g/mol. The molecule has 35 heavy (non-hydrogen) atoms. The molecule has 0 saturated carbocycles. The van der Waals surface area contributed by atoms with Crippen LogP contribution in [0.1, 0.15) is 20.3 Å². The van der Waals surface area contributed by atoms with Crippen LogP contribution in [-0.4, -0.2) is 79.1 Å². The van der Waals surface area contributed by atoms with Crippen LogP contribution in [0, 0.1) is 5.82 Å². The second-order valence-electron chi connectivity index (χ2n) is 9.45. The van der Waals surface area contributed by atoms with E-state index in [0.717, 1.165) is 0 Å². The van der Waals surface area contributed by atoms with Crippen LogP contribution in [0.25, 0.3) is 27.7 Å². The van der Waals surface area contributed by atoms with E-state index in [9.17, 15) is 9.50 Å². The van der Waals surface area contributed by atoms with Gasteiger partial charge in [-0.3, -0.25) is 14.9 Å². The number of β-amino-alcohol motifs (C(OH)–C–C–N with tert-alkyl or cyclic N) is 1. The highest BCUT2D eigenvalue weighted by molar-refractivity contribution is 5.89. The van der Waals surface area contributed by atoms with E-state index in [1.54, 1.807) is 44.4 Å². The van der Waals surface area contributed by atoms with Crippen molar-refractivity contribution in [1.82, 2.24) is 29.5 Å². The standard InChI is InChI=1S/C24H27F2N7O2/c1-24(2,34)13-32-9-6-17(15(25)11-32)29-23-30-22(35-3)21-20(16(26)12-33(21)31-23)14-4-5-18-19(10-14)28-8-7-27-18/h4-5,7-8,10,12,15,17,34H,6,9,11,13H2,1-3H3,(H,29,31)/t15-,17+/m1/s1. The lowest BCUT2D eigenvalue weighted by atomic mass is 10.0. The van der Waals surface area contributed by atoms with Crippen molar-refractivity contribution in [3.63, 3.8) is 0 Å². The number of fused-ring (bicyclic) bond motifs is 2. The third-order valence-electron chi connectivity index (χ3n) is 6.05. The molecule has 3 aromatic heterocycles. The monoisotopic (exact) mass is 483 g/mol. The summed E-state index contributed by atoms with van der Waals surface area (Å²) in [6, 6.07) is 4.77. The van der Waals surface area contributed by atoms with Crippen LogP contribution in [0.5, 0.6) is 5.88 Å². The van der Waals surface area contributed by atoms with Gasteiger partial charge in [0.25, 0.3) is 0 Å². The van der Waals surface area contributed by atoms with Crippen molar-refractivity contribution in [2.24, 2.45) is 0 Å². The summed E-state index contributed by atoms with van der Waals surface area (Å²) < 4.78 is 36.9. The van der Waals surface area contributed by atoms with Crippen molar-refractivity contribution in [1.29, 1.82) is 0 Å². The molecule has 0 amide bonds. The molecule has 1 saturated heterocycles. The van der Waals surface area contributed by atoms with Gasteiger partial charge in [-0.25, -0.2) is 13.3 Å². The summed E-state index contributed by atoms with van der Waals surface area (Å²) in [5.41, 5.74) is 1.66. The molecule has 4 aromatic rings. The lowest BCUT2D eigenvalue weighted by Gasteiger charge is -2.37. The van der Waals surface area contributed by atoms with E-state index in [2.05, 4.69) is 25.4 Å². The number of anilines is 1. The van der Waals surface area contributed by atoms with E-state index in [-0.39, 0.29) is 23.9 Å². The van der Waals surface area contributed by atoms with Gasteiger partial charge in [0.15, 0.2) is 5.82 Å². The van der Waals surface area contributed by atoms with Crippen LogP contribution < -0.4 is 10.1 Å². The molecule has 184 valence electrons. The molecular formula is C24H27F2N7O2. The number of hydrogen-bond acceptors (Lipinski definition) is 8. The van der Waals surface area contributed by atoms with Gasteiger partial charge >= 0.3 is 0 Å². The fourth-order valence-corrected chi connectivity index (χ4v) is 4.61. The van der Waals surface area contributed by atoms with E-state index < -0.39 is 23.6 Å². The van der Waals surface area contributed by atoms with Crippen LogP contribution in [-0.2, 0) is 0 Å². The number of ether oxygens (including phenoxy) is 1. The molecule has 1 aromatic carbocycles. The molecule has 0 radical (unpaired) electrons. The number of hydrogen-bond donors (Lipinski definition) is 2. The third-order valence-corrected chi connectivity index (χ3v) is 6.05. The van der Waals surface area contributed by atoms with E-state index in [4.69, 9.17) is 4.74 Å². The van der Waals surface area contributed by atoms with Crippen molar-refractivity contribution >= 4 is 22.5 Å². The molecule has 0 bridgehead atoms. The highest BCUT2D eigenvalue weighted by Gasteiger charge is 2.32. The molecule has 4 heterocycles. The Morgan fingerprint density at radius 3 is 2.71 bits per heavy atom. The maximum Gasteiger partial charge on any atom is 0.244 e. The number of rotatable bonds is 6. The number of nitrogens with one attached hydrogen (secondary N) is 1. The summed E-state index contributed by atoms with van der Waals surface area (Å²) in [6.45, 7) is 4.61. The Hall–Kier alpha value is -3.44. The molecule has 0 spiro atoms. The maximum atomic E-state index is 15.2. The lowest BCUT2D eigenvalue weighted by molar-refractivity contribution is 0.0147. The number of aromatic nitrogens is 5. The number of likely N-dealkylation sites (tertiary alicyclic amines) is 1. The number of methoxy groups -OCH3 is 1. The number of alkyl halides is 1. The Bertz CT molecular complexity index is 1370. The van der Waals surface area contributed by atoms with Crippen LogP contribution in [0.15, 0.2) is 36.8 Å². The zero-order chi connectivity index (χ0) is 24.7. The fraction of sp³-hybridized carbons (Fsp3) is 0.417. The number of piperidine rings is 1. The Kier molecular flexibility index (Phi) is 5.97. The predicted molar refractivity (Wildman–Crippen MR) is 128 cm³/mol. The number of aliphatic hydroxyl groups is 1. The van der Waals surface area contributed by atoms with Crippen molar-refractivity contribution in [3.05, 3.63) is 42.6 Å². The molecule has 11 heteroatoms. The first kappa shape index (κ1) is 23.3. The Morgan fingerprint density at radius 1 is 1.23 bits per heavy atom. The highest BCUT2D eigenvalue weighted by Crippen LogP contribution is 2.35. The molecule has 1 fully saturated rings. The van der Waals surface area contributed by atoms with Gasteiger partial charge < -0.3 is 15.2 Å². The van der Waals surface area contributed by atoms with Crippen LogP contribution in [0.3, 0.4) is 0 Å². The minimum absolute atomic E-state index is 0.142. The fourth-order valence-electron chi connectivity index (χ4n) is 4.61. The number of benzene rings is 1. The molecule has 1 aliphatic heterocycles. The summed E-state index contributed by atoms with van der Waals surface area (Å²) in [7, 11) is 1.44. The number of halogens is 2. The lowest BCUT2D eigenvalue weighted by Crippen LogP contribution is -2.51. The largest absolute Gasteiger partial charge is 0.479 e. The Morgan fingerprint density at radius 2 is 2.00 bits per heavy atom. The van der Waals surface area contributed by atoms with Gasteiger partial charge in [0.1, 0.15) is 11.7 Å². The van der Waals surface area contributed by atoms with Gasteiger partial charge in [0.05, 0.1) is 41.5 Å². The summed E-state index contributed by atoms with van der Waals surface area (Å²) in [6.07, 6.45) is 3.74. The molecule has 0 unspecified atom stereocenters. The van der Waals surface area contributed by atoms with Gasteiger partial charge in [-0.1, -0.05) is 6.07 Å². The second kappa shape index (κ2) is 8.97. The first-order chi connectivity index (χ1) is 16.7. The van der Waals surface area contributed by atoms with Gasteiger partial charge in [-0.2, -0.15) is 4.98 Å². The summed E-state index contributed by atoms with van der Waals surface area (Å²) in [5.74, 6) is -0.194. The minimum Gasteiger partial charge on any atom is -0.479 e. The normalized spacial score (nSPS) is 19.4. The summed E-state index contributed by atoms with van der Waals surface area (Å²) >= 11 is 0. The van der Waals surface area contributed by atoms with Crippen molar-refractivity contribution in [2.75, 3.05) is 32.1 Å². The van der Waals surface area contributed by atoms with Crippen LogP contribution in [0.4, 0.5) is 14.7 Å². The van der Waals surface area contributed by atoms with Gasteiger partial charge in [0, 0.05) is 32.0 Å². The van der Waals surface area contributed by atoms with Crippen molar-refractivity contribution in [2.45, 2.75) is 38.1 Å². The summed E-state index contributed by atoms with van der Waals surface area (Å²) in [5, 5.41) is 17.5. The Balaban J connectivity index is 1.44. The second-order valence-corrected chi connectivity index (χ2v) is 9.45. The van der Waals surface area contributed by atoms with E-state index in [0.29, 0.717) is 41.6 Å². The molecular weight excluding hydrogens is 456 g/mol. The zero-order valence-electron chi connectivity index (χ0n) is 19.7. The summed E-state index contributed by atoms with van der Waals surface area (Å²) in [4.78, 5) is 14.9. The van der Waals surface area contributed by atoms with Crippen LogP contribution >= 0.6 is 0 Å². The molecule has 2 N–H and O–H groups in total. The Labute approximate surface area is 200 Å². The third kappa shape index (κ3) is 4.73. The average Bonchev–Trinajstić information content (AvgIpc) is 3.14.